The normalized spacial score (nSPS) is 14.5. The molecule has 3 heterocycles. The summed E-state index contributed by atoms with van der Waals surface area (Å²) in [6.45, 7) is 1.10. The molecule has 5 aromatic rings. The minimum atomic E-state index is -4.64. The van der Waals surface area contributed by atoms with Gasteiger partial charge in [-0.3, -0.25) is 8.97 Å². The number of fused-ring (bicyclic) bond motifs is 1. The lowest BCUT2D eigenvalue weighted by atomic mass is 9.86. The summed E-state index contributed by atoms with van der Waals surface area (Å²) in [6.07, 6.45) is 0.308. The molecule has 2 atom stereocenters. The molecule has 13 heteroatoms. The molecule has 1 N–H and O–H groups in total. The summed E-state index contributed by atoms with van der Waals surface area (Å²) in [4.78, 5) is 21.5. The highest BCUT2D eigenvalue weighted by atomic mass is 19.4. The van der Waals surface area contributed by atoms with E-state index in [0.717, 1.165) is 27.2 Å². The first kappa shape index (κ1) is 25.3. The number of imidazole rings is 1. The molecule has 0 amide bonds. The maximum absolute atomic E-state index is 14.9. The van der Waals surface area contributed by atoms with E-state index in [2.05, 4.69) is 15.1 Å². The molecule has 1 unspecified atom stereocenters. The Morgan fingerprint density at radius 1 is 1.05 bits per heavy atom. The molecule has 8 nitrogen and oxygen atoms in total. The van der Waals surface area contributed by atoms with Crippen LogP contribution in [0, 0.1) is 11.6 Å². The molecule has 0 aliphatic rings. The van der Waals surface area contributed by atoms with Crippen molar-refractivity contribution in [3.63, 3.8) is 0 Å². The van der Waals surface area contributed by atoms with Crippen molar-refractivity contribution < 1.29 is 27.1 Å². The fourth-order valence-electron chi connectivity index (χ4n) is 4.45. The average Bonchev–Trinajstić information content (AvgIpc) is 3.53. The molecule has 196 valence electrons. The minimum absolute atomic E-state index is 0.0678. The van der Waals surface area contributed by atoms with Crippen LogP contribution >= 0.6 is 0 Å². The second-order valence-electron chi connectivity index (χ2n) is 8.72. The number of aromatic nitrogens is 6. The van der Waals surface area contributed by atoms with E-state index >= 15 is 0 Å². The zero-order valence-electron chi connectivity index (χ0n) is 19.6. The van der Waals surface area contributed by atoms with Crippen LogP contribution in [0.5, 0.6) is 0 Å². The number of rotatable bonds is 6. The maximum atomic E-state index is 14.9. The average molecular weight is 530 g/mol. The van der Waals surface area contributed by atoms with Crippen LogP contribution in [-0.2, 0) is 18.3 Å². The summed E-state index contributed by atoms with van der Waals surface area (Å²) < 4.78 is 72.5. The van der Waals surface area contributed by atoms with Crippen molar-refractivity contribution in [1.82, 2.24) is 28.7 Å². The molecule has 38 heavy (non-hydrogen) atoms. The van der Waals surface area contributed by atoms with Crippen molar-refractivity contribution in [3.05, 3.63) is 107 Å². The van der Waals surface area contributed by atoms with E-state index in [1.54, 1.807) is 0 Å². The van der Waals surface area contributed by atoms with Gasteiger partial charge in [0.2, 0.25) is 0 Å². The zero-order chi connectivity index (χ0) is 27.2. The third-order valence-electron chi connectivity index (χ3n) is 6.43. The van der Waals surface area contributed by atoms with Crippen molar-refractivity contribution in [3.8, 4) is 11.3 Å². The van der Waals surface area contributed by atoms with Crippen molar-refractivity contribution in [2.24, 2.45) is 0 Å². The second-order valence-corrected chi connectivity index (χ2v) is 8.72. The standard InChI is InChI=1S/C25H19F5N6O2/c1-15(24(38,12-34-14-31-13-32-34)19-7-6-16(26)10-20(19)27)35-9-8-22-33-21(11-36(22)23(35)37)17-4-2-3-5-18(17)25(28,29)30/h2-11,13-15,38H,12H2,1H3/t15-,24?/m1/s1. The molecule has 0 saturated heterocycles. The Morgan fingerprint density at radius 3 is 2.50 bits per heavy atom. The Bertz CT molecular complexity index is 1680. The summed E-state index contributed by atoms with van der Waals surface area (Å²) in [6, 6.07) is 7.72. The van der Waals surface area contributed by atoms with E-state index < -0.39 is 40.7 Å². The van der Waals surface area contributed by atoms with Crippen LogP contribution in [0.4, 0.5) is 22.0 Å². The predicted molar refractivity (Wildman–Crippen MR) is 125 cm³/mol. The molecule has 0 aliphatic heterocycles. The highest BCUT2D eigenvalue weighted by Gasteiger charge is 2.41. The van der Waals surface area contributed by atoms with Crippen LogP contribution in [0.15, 0.2) is 78.4 Å². The van der Waals surface area contributed by atoms with Crippen molar-refractivity contribution >= 4 is 5.65 Å². The number of benzene rings is 2. The molecular weight excluding hydrogens is 511 g/mol. The molecule has 0 bridgehead atoms. The first-order chi connectivity index (χ1) is 18.0. The van der Waals surface area contributed by atoms with Gasteiger partial charge in [0.05, 0.1) is 23.8 Å². The third-order valence-corrected chi connectivity index (χ3v) is 6.43. The Morgan fingerprint density at radius 2 is 1.82 bits per heavy atom. The minimum Gasteiger partial charge on any atom is -0.381 e. The van der Waals surface area contributed by atoms with E-state index in [4.69, 9.17) is 0 Å². The van der Waals surface area contributed by atoms with Crippen LogP contribution < -0.4 is 5.69 Å². The van der Waals surface area contributed by atoms with E-state index in [9.17, 15) is 31.9 Å². The molecule has 0 radical (unpaired) electrons. The molecule has 0 fully saturated rings. The molecule has 0 saturated carbocycles. The number of alkyl halides is 3. The number of aliphatic hydroxyl groups is 1. The van der Waals surface area contributed by atoms with E-state index in [0.29, 0.717) is 6.07 Å². The molecule has 3 aromatic heterocycles. The van der Waals surface area contributed by atoms with Gasteiger partial charge in [0.15, 0.2) is 0 Å². The second kappa shape index (κ2) is 9.17. The summed E-state index contributed by atoms with van der Waals surface area (Å²) in [7, 11) is 0. The highest BCUT2D eigenvalue weighted by Crippen LogP contribution is 2.38. The topological polar surface area (TPSA) is 90.2 Å². The molecule has 0 aliphatic carbocycles. The number of nitrogens with zero attached hydrogens (tertiary/aromatic N) is 6. The van der Waals surface area contributed by atoms with E-state index in [1.165, 1.54) is 60.9 Å². The SMILES string of the molecule is C[C@@H](n1ccc2nc(-c3ccccc3C(F)(F)F)cn2c1=O)C(O)(Cn1cncn1)c1ccc(F)cc1F. The van der Waals surface area contributed by atoms with Gasteiger partial charge in [0, 0.05) is 29.6 Å². The van der Waals surface area contributed by atoms with Gasteiger partial charge in [-0.1, -0.05) is 24.3 Å². The quantitative estimate of drug-likeness (QED) is 0.333. The van der Waals surface area contributed by atoms with Gasteiger partial charge >= 0.3 is 11.9 Å². The first-order valence-corrected chi connectivity index (χ1v) is 11.3. The van der Waals surface area contributed by atoms with Crippen LogP contribution in [0.1, 0.15) is 24.1 Å². The summed E-state index contributed by atoms with van der Waals surface area (Å²) in [5.41, 5.74) is -4.31. The third kappa shape index (κ3) is 4.34. The van der Waals surface area contributed by atoms with Crippen LogP contribution in [0.3, 0.4) is 0 Å². The maximum Gasteiger partial charge on any atom is 0.417 e. The number of hydrogen-bond donors (Lipinski definition) is 1. The summed E-state index contributed by atoms with van der Waals surface area (Å²) in [5, 5.41) is 15.7. The van der Waals surface area contributed by atoms with Gasteiger partial charge in [0.1, 0.15) is 35.5 Å². The fourth-order valence-corrected chi connectivity index (χ4v) is 4.45. The Labute approximate surface area is 211 Å². The smallest absolute Gasteiger partial charge is 0.381 e. The first-order valence-electron chi connectivity index (χ1n) is 11.3. The van der Waals surface area contributed by atoms with Gasteiger partial charge in [0.25, 0.3) is 0 Å². The van der Waals surface area contributed by atoms with Crippen molar-refractivity contribution in [2.75, 3.05) is 0 Å². The summed E-state index contributed by atoms with van der Waals surface area (Å²) in [5.74, 6) is -1.90. The fraction of sp³-hybridized carbons (Fsp3) is 0.200. The van der Waals surface area contributed by atoms with Crippen molar-refractivity contribution in [1.29, 1.82) is 0 Å². The predicted octanol–water partition coefficient (Wildman–Crippen LogP) is 4.20. The van der Waals surface area contributed by atoms with Gasteiger partial charge < -0.3 is 5.11 Å². The van der Waals surface area contributed by atoms with E-state index in [-0.39, 0.29) is 29.0 Å². The molecule has 2 aromatic carbocycles. The Balaban J connectivity index is 1.63. The highest BCUT2D eigenvalue weighted by molar-refractivity contribution is 5.66. The van der Waals surface area contributed by atoms with Crippen LogP contribution in [-0.4, -0.2) is 33.8 Å². The lowest BCUT2D eigenvalue weighted by Gasteiger charge is -2.35. The number of hydrogen-bond acceptors (Lipinski definition) is 5. The van der Waals surface area contributed by atoms with Crippen molar-refractivity contribution in [2.45, 2.75) is 31.3 Å². The monoisotopic (exact) mass is 530 g/mol. The lowest BCUT2D eigenvalue weighted by Crippen LogP contribution is -2.44. The van der Waals surface area contributed by atoms with Gasteiger partial charge in [-0.2, -0.15) is 18.3 Å². The summed E-state index contributed by atoms with van der Waals surface area (Å²) >= 11 is 0. The molecular formula is C25H19F5N6O2. The lowest BCUT2D eigenvalue weighted by molar-refractivity contribution is -0.137. The van der Waals surface area contributed by atoms with Gasteiger partial charge in [-0.15, -0.1) is 0 Å². The zero-order valence-corrected chi connectivity index (χ0v) is 19.6. The molecule has 5 rings (SSSR count). The van der Waals surface area contributed by atoms with Gasteiger partial charge in [-0.05, 0) is 25.1 Å². The molecule has 0 spiro atoms. The van der Waals surface area contributed by atoms with Crippen LogP contribution in [0.25, 0.3) is 16.9 Å². The number of halogens is 5. The van der Waals surface area contributed by atoms with E-state index in [1.807, 2.05) is 0 Å². The van der Waals surface area contributed by atoms with Gasteiger partial charge in [-0.25, -0.2) is 28.2 Å². The Hall–Kier alpha value is -4.39. The largest absolute Gasteiger partial charge is 0.417 e. The van der Waals surface area contributed by atoms with Crippen LogP contribution in [0.2, 0.25) is 0 Å². The Kier molecular flexibility index (Phi) is 6.10.